The lowest BCUT2D eigenvalue weighted by Gasteiger charge is -2.22. The second-order valence-corrected chi connectivity index (χ2v) is 13.1. The molecule has 7 aromatic rings. The molecule has 0 spiro atoms. The zero-order valence-electron chi connectivity index (χ0n) is 29.7. The Balaban J connectivity index is 0.000000251. The predicted molar refractivity (Wildman–Crippen MR) is 218 cm³/mol. The maximum Gasteiger partial charge on any atom is 0.0632 e. The van der Waals surface area contributed by atoms with Crippen LogP contribution in [-0.2, 0) is 12.0 Å². The van der Waals surface area contributed by atoms with Crippen molar-refractivity contribution in [1.29, 1.82) is 5.41 Å². The summed E-state index contributed by atoms with van der Waals surface area (Å²) in [6, 6.07) is 58.3. The summed E-state index contributed by atoms with van der Waals surface area (Å²) >= 11 is 0. The van der Waals surface area contributed by atoms with Crippen molar-refractivity contribution in [2.24, 2.45) is 4.99 Å². The molecule has 0 radical (unpaired) electrons. The van der Waals surface area contributed by atoms with Crippen LogP contribution in [0.4, 0.5) is 0 Å². The van der Waals surface area contributed by atoms with Crippen LogP contribution < -0.4 is 0 Å². The standard InChI is InChI=1S/C33H27N.2C7H8.CH3N/c1-33(2)30-17-15-23-9-4-5-13-28(23)32(30)29-16-14-27(20-31(29)33)26-12-7-11-25(19-26)24-10-6-8-22(18-24)21-34-3;2*1-7-5-3-2-4-6-7;1-2/h4-20H,3,21H2,1-2H3;2*2-6H,1H3;2H,1H2. The van der Waals surface area contributed by atoms with Crippen molar-refractivity contribution in [2.75, 3.05) is 0 Å². The normalized spacial score (nSPS) is 11.7. The van der Waals surface area contributed by atoms with Crippen LogP contribution in [0.15, 0.2) is 169 Å². The third-order valence-corrected chi connectivity index (χ3v) is 9.20. The Morgan fingerprint density at radius 2 is 1.06 bits per heavy atom. The molecule has 2 nitrogen and oxygen atoms in total. The second kappa shape index (κ2) is 16.5. The van der Waals surface area contributed by atoms with Gasteiger partial charge in [-0.1, -0.05) is 171 Å². The topological polar surface area (TPSA) is 36.2 Å². The molecule has 0 aromatic heterocycles. The molecule has 0 heterocycles. The van der Waals surface area contributed by atoms with E-state index in [1.807, 2.05) is 36.4 Å². The van der Waals surface area contributed by atoms with Gasteiger partial charge in [-0.3, -0.25) is 4.99 Å². The van der Waals surface area contributed by atoms with Crippen molar-refractivity contribution in [3.05, 3.63) is 192 Å². The molecule has 0 saturated heterocycles. The zero-order chi connectivity index (χ0) is 35.5. The number of fused-ring (bicyclic) bond motifs is 5. The first kappa shape index (κ1) is 35.4. The monoisotopic (exact) mass is 650 g/mol. The number of benzene rings is 7. The molecule has 1 N–H and O–H groups in total. The van der Waals surface area contributed by atoms with Crippen LogP contribution in [0, 0.1) is 19.3 Å². The molecule has 50 heavy (non-hydrogen) atoms. The molecular weight excluding hydrogens is 605 g/mol. The lowest BCUT2D eigenvalue weighted by molar-refractivity contribution is 0.661. The third kappa shape index (κ3) is 8.05. The quantitative estimate of drug-likeness (QED) is 0.184. The maximum atomic E-state index is 5.50. The second-order valence-electron chi connectivity index (χ2n) is 13.1. The molecule has 2 heteroatoms. The Bertz CT molecular complexity index is 2140. The van der Waals surface area contributed by atoms with Crippen LogP contribution in [0.1, 0.15) is 41.7 Å². The van der Waals surface area contributed by atoms with Gasteiger partial charge in [-0.05, 0) is 106 Å². The third-order valence-electron chi connectivity index (χ3n) is 9.20. The first-order chi connectivity index (χ1) is 24.3. The minimum atomic E-state index is -0.0334. The van der Waals surface area contributed by atoms with Gasteiger partial charge in [-0.25, -0.2) is 0 Å². The molecule has 0 saturated carbocycles. The number of rotatable bonds is 4. The molecule has 0 fully saturated rings. The van der Waals surface area contributed by atoms with Gasteiger partial charge in [0.05, 0.1) is 6.54 Å². The summed E-state index contributed by atoms with van der Waals surface area (Å²) in [5.74, 6) is 0. The van der Waals surface area contributed by atoms with Crippen molar-refractivity contribution in [1.82, 2.24) is 0 Å². The van der Waals surface area contributed by atoms with Gasteiger partial charge in [0.2, 0.25) is 0 Å². The predicted octanol–water partition coefficient (Wildman–Crippen LogP) is 12.9. The molecular formula is C48H46N2. The van der Waals surface area contributed by atoms with Crippen LogP contribution >= 0.6 is 0 Å². The van der Waals surface area contributed by atoms with Gasteiger partial charge in [-0.15, -0.1) is 0 Å². The van der Waals surface area contributed by atoms with E-state index in [2.05, 4.69) is 174 Å². The van der Waals surface area contributed by atoms with E-state index in [9.17, 15) is 0 Å². The summed E-state index contributed by atoms with van der Waals surface area (Å²) in [5, 5.41) is 8.14. The number of nitrogens with one attached hydrogen (secondary N) is 1. The highest BCUT2D eigenvalue weighted by Gasteiger charge is 2.36. The fourth-order valence-electron chi connectivity index (χ4n) is 6.61. The van der Waals surface area contributed by atoms with Gasteiger partial charge >= 0.3 is 0 Å². The van der Waals surface area contributed by atoms with Crippen LogP contribution in [0.2, 0.25) is 0 Å². The smallest absolute Gasteiger partial charge is 0.0632 e. The number of aryl methyl sites for hydroxylation is 2. The number of hydrogen-bond acceptors (Lipinski definition) is 2. The summed E-state index contributed by atoms with van der Waals surface area (Å²) in [4.78, 5) is 4.04. The van der Waals surface area contributed by atoms with E-state index in [4.69, 9.17) is 5.41 Å². The average molecular weight is 651 g/mol. The van der Waals surface area contributed by atoms with Crippen LogP contribution in [0.25, 0.3) is 44.2 Å². The van der Waals surface area contributed by atoms with Crippen molar-refractivity contribution in [2.45, 2.75) is 39.7 Å². The van der Waals surface area contributed by atoms with Gasteiger partial charge in [0.25, 0.3) is 0 Å². The van der Waals surface area contributed by atoms with Crippen molar-refractivity contribution < 1.29 is 0 Å². The zero-order valence-corrected chi connectivity index (χ0v) is 29.7. The molecule has 0 aliphatic heterocycles. The highest BCUT2D eigenvalue weighted by atomic mass is 14.7. The largest absolute Gasteiger partial charge is 0.317 e. The van der Waals surface area contributed by atoms with Crippen LogP contribution in [0.5, 0.6) is 0 Å². The fraction of sp³-hybridized carbons (Fsp3) is 0.125. The van der Waals surface area contributed by atoms with E-state index < -0.39 is 0 Å². The SMILES string of the molecule is C=N.C=NCc1cccc(-c2cccc(-c3ccc4c(c3)C(C)(C)c3ccc5ccccc5c3-4)c2)c1.Cc1ccccc1.Cc1ccccc1. The highest BCUT2D eigenvalue weighted by molar-refractivity contribution is 6.02. The van der Waals surface area contributed by atoms with E-state index in [1.165, 1.54) is 72.0 Å². The number of hydrogen-bond donors (Lipinski definition) is 1. The number of aliphatic imine (C=N–C) groups is 1. The summed E-state index contributed by atoms with van der Waals surface area (Å²) < 4.78 is 0. The van der Waals surface area contributed by atoms with Crippen LogP contribution in [0.3, 0.4) is 0 Å². The first-order valence-corrected chi connectivity index (χ1v) is 17.0. The van der Waals surface area contributed by atoms with Gasteiger partial charge in [0, 0.05) is 5.41 Å². The molecule has 1 aliphatic rings. The van der Waals surface area contributed by atoms with E-state index in [0.29, 0.717) is 6.54 Å². The molecule has 1 aliphatic carbocycles. The minimum Gasteiger partial charge on any atom is -0.317 e. The highest BCUT2D eigenvalue weighted by Crippen LogP contribution is 2.52. The average Bonchev–Trinajstić information content (AvgIpc) is 3.39. The summed E-state index contributed by atoms with van der Waals surface area (Å²) in [5.41, 5.74) is 14.3. The van der Waals surface area contributed by atoms with Gasteiger partial charge < -0.3 is 5.41 Å². The van der Waals surface area contributed by atoms with Crippen molar-refractivity contribution in [3.63, 3.8) is 0 Å². The molecule has 0 bridgehead atoms. The Labute approximate surface area is 298 Å². The molecule has 8 rings (SSSR count). The first-order valence-electron chi connectivity index (χ1n) is 17.0. The summed E-state index contributed by atoms with van der Waals surface area (Å²) in [6.07, 6.45) is 0. The molecule has 0 unspecified atom stereocenters. The van der Waals surface area contributed by atoms with Crippen molar-refractivity contribution >= 4 is 24.2 Å². The van der Waals surface area contributed by atoms with E-state index in [-0.39, 0.29) is 5.41 Å². The Morgan fingerprint density at radius 3 is 1.64 bits per heavy atom. The summed E-state index contributed by atoms with van der Waals surface area (Å²) in [6.45, 7) is 15.6. The fourth-order valence-corrected chi connectivity index (χ4v) is 6.61. The Morgan fingerprint density at radius 1 is 0.520 bits per heavy atom. The molecule has 0 amide bonds. The molecule has 248 valence electrons. The minimum absolute atomic E-state index is 0.0334. The summed E-state index contributed by atoms with van der Waals surface area (Å²) in [7, 11) is 0. The Hall–Kier alpha value is -5.86. The van der Waals surface area contributed by atoms with Gasteiger partial charge in [-0.2, -0.15) is 0 Å². The lowest BCUT2D eigenvalue weighted by Crippen LogP contribution is -2.15. The lowest BCUT2D eigenvalue weighted by atomic mass is 9.81. The number of nitrogens with zero attached hydrogens (tertiary/aromatic N) is 1. The van der Waals surface area contributed by atoms with Gasteiger partial charge in [0.15, 0.2) is 0 Å². The molecule has 7 aromatic carbocycles. The van der Waals surface area contributed by atoms with Crippen LogP contribution in [-0.4, -0.2) is 13.4 Å². The van der Waals surface area contributed by atoms with E-state index >= 15 is 0 Å². The Kier molecular flexibility index (Phi) is 11.7. The van der Waals surface area contributed by atoms with E-state index in [0.717, 1.165) is 0 Å². The van der Waals surface area contributed by atoms with Crippen molar-refractivity contribution in [3.8, 4) is 33.4 Å². The maximum absolute atomic E-state index is 5.50. The molecule has 0 atom stereocenters. The van der Waals surface area contributed by atoms with E-state index in [1.54, 1.807) is 0 Å². The van der Waals surface area contributed by atoms with Gasteiger partial charge in [0.1, 0.15) is 0 Å².